The minimum absolute atomic E-state index is 0.0155. The molecule has 0 saturated carbocycles. The Morgan fingerprint density at radius 3 is 2.33 bits per heavy atom. The van der Waals surface area contributed by atoms with Crippen molar-refractivity contribution in [2.45, 2.75) is 33.6 Å². The van der Waals surface area contributed by atoms with Gasteiger partial charge in [-0.3, -0.25) is 9.59 Å². The van der Waals surface area contributed by atoms with Crippen LogP contribution < -0.4 is 5.32 Å². The Balaban J connectivity index is 3.55. The van der Waals surface area contributed by atoms with Crippen molar-refractivity contribution in [3.8, 4) is 0 Å². The van der Waals surface area contributed by atoms with E-state index in [9.17, 15) is 9.59 Å². The third-order valence-electron chi connectivity index (χ3n) is 1.90. The molecule has 0 aromatic heterocycles. The Hall–Kier alpha value is -0.900. The Kier molecular flexibility index (Phi) is 6.17. The zero-order valence-electron chi connectivity index (χ0n) is 10.1. The van der Waals surface area contributed by atoms with Crippen LogP contribution in [0.5, 0.6) is 0 Å². The Bertz CT molecular complexity index is 218. The Morgan fingerprint density at radius 1 is 1.27 bits per heavy atom. The summed E-state index contributed by atoms with van der Waals surface area (Å²) in [4.78, 5) is 22.5. The van der Waals surface area contributed by atoms with Crippen LogP contribution in [0.25, 0.3) is 0 Å². The van der Waals surface area contributed by atoms with E-state index in [-0.39, 0.29) is 23.7 Å². The van der Waals surface area contributed by atoms with E-state index >= 15 is 0 Å². The van der Waals surface area contributed by atoms with Gasteiger partial charge in [0.15, 0.2) is 5.78 Å². The smallest absolute Gasteiger partial charge is 0.225 e. The number of Topliss-reactive ketones (excluding diaryl/α,β-unsaturated/α-hetero) is 1. The molecule has 0 aliphatic rings. The van der Waals surface area contributed by atoms with Gasteiger partial charge in [-0.2, -0.15) is 0 Å². The molecule has 0 atom stereocenters. The summed E-state index contributed by atoms with van der Waals surface area (Å²) in [5.41, 5.74) is -0.365. The average molecular weight is 215 g/mol. The molecule has 0 bridgehead atoms. The number of hydrogen-bond donors (Lipinski definition) is 1. The molecule has 0 heterocycles. The summed E-state index contributed by atoms with van der Waals surface area (Å²) in [5, 5.41) is 2.79. The number of amides is 1. The van der Waals surface area contributed by atoms with E-state index in [2.05, 4.69) is 5.32 Å². The molecule has 0 spiro atoms. The molecule has 0 aliphatic carbocycles. The van der Waals surface area contributed by atoms with Gasteiger partial charge in [0, 0.05) is 25.5 Å². The van der Waals surface area contributed by atoms with Crippen LogP contribution in [0.1, 0.15) is 33.6 Å². The topological polar surface area (TPSA) is 55.4 Å². The molecule has 0 unspecified atom stereocenters. The highest BCUT2D eigenvalue weighted by Gasteiger charge is 2.20. The van der Waals surface area contributed by atoms with Gasteiger partial charge in [-0.1, -0.05) is 20.8 Å². The van der Waals surface area contributed by atoms with E-state index in [1.54, 1.807) is 0 Å². The number of rotatable bonds is 6. The van der Waals surface area contributed by atoms with Gasteiger partial charge < -0.3 is 10.1 Å². The molecule has 0 radical (unpaired) electrons. The Labute approximate surface area is 91.4 Å². The number of nitrogens with one attached hydrogen (secondary N) is 1. The van der Waals surface area contributed by atoms with E-state index in [1.165, 1.54) is 7.11 Å². The lowest BCUT2D eigenvalue weighted by Crippen LogP contribution is -2.35. The third-order valence-corrected chi connectivity index (χ3v) is 1.90. The SMILES string of the molecule is COCC(=O)CCCNC(=O)C(C)(C)C. The van der Waals surface area contributed by atoms with Crippen molar-refractivity contribution in [2.75, 3.05) is 20.3 Å². The molecular formula is C11H21NO3. The summed E-state index contributed by atoms with van der Waals surface area (Å²) in [6.45, 7) is 6.29. The number of methoxy groups -OCH3 is 1. The third kappa shape index (κ3) is 7.08. The molecule has 0 aromatic rings. The lowest BCUT2D eigenvalue weighted by molar-refractivity contribution is -0.128. The first kappa shape index (κ1) is 14.1. The van der Waals surface area contributed by atoms with Gasteiger partial charge in [-0.15, -0.1) is 0 Å². The molecule has 1 N–H and O–H groups in total. The predicted octanol–water partition coefficient (Wildman–Crippen LogP) is 1.14. The van der Waals surface area contributed by atoms with Gasteiger partial charge in [-0.05, 0) is 6.42 Å². The highest BCUT2D eigenvalue weighted by molar-refractivity contribution is 5.81. The van der Waals surface area contributed by atoms with E-state index in [0.29, 0.717) is 19.4 Å². The standard InChI is InChI=1S/C11H21NO3/c1-11(2,3)10(14)12-7-5-6-9(13)8-15-4/h5-8H2,1-4H3,(H,12,14). The van der Waals surface area contributed by atoms with Crippen LogP contribution in [0, 0.1) is 5.41 Å². The van der Waals surface area contributed by atoms with Crippen molar-refractivity contribution >= 4 is 11.7 Å². The molecule has 0 rings (SSSR count). The summed E-state index contributed by atoms with van der Waals surface area (Å²) < 4.78 is 4.70. The number of carbonyl (C=O) groups is 2. The van der Waals surface area contributed by atoms with Crippen LogP contribution >= 0.6 is 0 Å². The number of carbonyl (C=O) groups excluding carboxylic acids is 2. The second kappa shape index (κ2) is 6.56. The van der Waals surface area contributed by atoms with Crippen molar-refractivity contribution in [2.24, 2.45) is 5.41 Å². The van der Waals surface area contributed by atoms with E-state index in [1.807, 2.05) is 20.8 Å². The minimum atomic E-state index is -0.365. The quantitative estimate of drug-likeness (QED) is 0.676. The lowest BCUT2D eigenvalue weighted by atomic mass is 9.96. The van der Waals surface area contributed by atoms with E-state index in [4.69, 9.17) is 4.74 Å². The molecule has 88 valence electrons. The lowest BCUT2D eigenvalue weighted by Gasteiger charge is -2.17. The van der Waals surface area contributed by atoms with Gasteiger partial charge in [-0.25, -0.2) is 0 Å². The molecule has 1 amide bonds. The number of ether oxygens (including phenoxy) is 1. The minimum Gasteiger partial charge on any atom is -0.377 e. The summed E-state index contributed by atoms with van der Waals surface area (Å²) in [6.07, 6.45) is 1.13. The summed E-state index contributed by atoms with van der Waals surface area (Å²) >= 11 is 0. The first-order valence-corrected chi connectivity index (χ1v) is 5.17. The zero-order valence-corrected chi connectivity index (χ0v) is 10.1. The van der Waals surface area contributed by atoms with Crippen LogP contribution in [0.15, 0.2) is 0 Å². The maximum Gasteiger partial charge on any atom is 0.225 e. The zero-order chi connectivity index (χ0) is 11.9. The second-order valence-electron chi connectivity index (χ2n) is 4.58. The fourth-order valence-corrected chi connectivity index (χ4v) is 0.986. The average Bonchev–Trinajstić information content (AvgIpc) is 2.11. The van der Waals surface area contributed by atoms with Crippen molar-refractivity contribution in [1.29, 1.82) is 0 Å². The first-order valence-electron chi connectivity index (χ1n) is 5.17. The van der Waals surface area contributed by atoms with Crippen LogP contribution in [0.4, 0.5) is 0 Å². The van der Waals surface area contributed by atoms with E-state index < -0.39 is 0 Å². The van der Waals surface area contributed by atoms with Crippen molar-refractivity contribution in [3.63, 3.8) is 0 Å². The highest BCUT2D eigenvalue weighted by Crippen LogP contribution is 2.12. The highest BCUT2D eigenvalue weighted by atomic mass is 16.5. The van der Waals surface area contributed by atoms with Crippen LogP contribution in [-0.2, 0) is 14.3 Å². The fourth-order valence-electron chi connectivity index (χ4n) is 0.986. The van der Waals surface area contributed by atoms with Crippen LogP contribution in [-0.4, -0.2) is 32.0 Å². The first-order chi connectivity index (χ1) is 6.88. The van der Waals surface area contributed by atoms with Crippen LogP contribution in [0.3, 0.4) is 0 Å². The maximum atomic E-state index is 11.4. The van der Waals surface area contributed by atoms with Gasteiger partial charge >= 0.3 is 0 Å². The molecule has 4 nitrogen and oxygen atoms in total. The van der Waals surface area contributed by atoms with Gasteiger partial charge in [0.1, 0.15) is 6.61 Å². The molecule has 0 aliphatic heterocycles. The normalized spacial score (nSPS) is 11.2. The van der Waals surface area contributed by atoms with Crippen molar-refractivity contribution < 1.29 is 14.3 Å². The molecule has 0 aromatic carbocycles. The largest absolute Gasteiger partial charge is 0.377 e. The molecule has 4 heteroatoms. The monoisotopic (exact) mass is 215 g/mol. The number of hydrogen-bond acceptors (Lipinski definition) is 3. The summed E-state index contributed by atoms with van der Waals surface area (Å²) in [6, 6.07) is 0. The van der Waals surface area contributed by atoms with Crippen molar-refractivity contribution in [3.05, 3.63) is 0 Å². The van der Waals surface area contributed by atoms with Crippen LogP contribution in [0.2, 0.25) is 0 Å². The van der Waals surface area contributed by atoms with Gasteiger partial charge in [0.05, 0.1) is 0 Å². The number of ketones is 1. The predicted molar refractivity (Wildman–Crippen MR) is 58.6 cm³/mol. The maximum absolute atomic E-state index is 11.4. The second-order valence-corrected chi connectivity index (χ2v) is 4.58. The fraction of sp³-hybridized carbons (Fsp3) is 0.818. The molecular weight excluding hydrogens is 194 g/mol. The molecule has 0 saturated heterocycles. The molecule has 0 fully saturated rings. The Morgan fingerprint density at radius 2 is 1.87 bits per heavy atom. The summed E-state index contributed by atoms with van der Waals surface area (Å²) in [5.74, 6) is 0.0872. The summed E-state index contributed by atoms with van der Waals surface area (Å²) in [7, 11) is 1.50. The van der Waals surface area contributed by atoms with Gasteiger partial charge in [0.2, 0.25) is 5.91 Å². The van der Waals surface area contributed by atoms with Crippen molar-refractivity contribution in [1.82, 2.24) is 5.32 Å². The van der Waals surface area contributed by atoms with Gasteiger partial charge in [0.25, 0.3) is 0 Å². The van der Waals surface area contributed by atoms with E-state index in [0.717, 1.165) is 0 Å². The molecule has 15 heavy (non-hydrogen) atoms.